The Morgan fingerprint density at radius 2 is 2.00 bits per heavy atom. The fourth-order valence-electron chi connectivity index (χ4n) is 2.33. The van der Waals surface area contributed by atoms with Crippen LogP contribution in [0, 0.1) is 0 Å². The van der Waals surface area contributed by atoms with Crippen LogP contribution in [-0.4, -0.2) is 46.4 Å². The molecule has 0 spiro atoms. The molecular formula is C13H22INO5. The summed E-state index contributed by atoms with van der Waals surface area (Å²) in [7, 11) is 0. The summed E-state index contributed by atoms with van der Waals surface area (Å²) in [5.74, 6) is -0.695. The number of fused-ring (bicyclic) bond motifs is 1. The Hall–Kier alpha value is -0.120. The quantitative estimate of drug-likeness (QED) is 0.570. The molecule has 1 amide bonds. The Kier molecular flexibility index (Phi) is 4.54. The van der Waals surface area contributed by atoms with Crippen molar-refractivity contribution in [3.63, 3.8) is 0 Å². The van der Waals surface area contributed by atoms with Gasteiger partial charge in [0.05, 0.1) is 12.1 Å². The molecule has 1 N–H and O–H groups in total. The number of nitrogens with one attached hydrogen (secondary N) is 1. The normalized spacial score (nSPS) is 35.7. The molecule has 2 rings (SSSR count). The number of hydrogen-bond acceptors (Lipinski definition) is 5. The van der Waals surface area contributed by atoms with Crippen molar-refractivity contribution >= 4 is 28.7 Å². The van der Waals surface area contributed by atoms with Crippen molar-refractivity contribution in [2.45, 2.75) is 70.5 Å². The molecule has 0 aliphatic carbocycles. The van der Waals surface area contributed by atoms with E-state index in [1.54, 1.807) is 0 Å². The molecule has 20 heavy (non-hydrogen) atoms. The lowest BCUT2D eigenvalue weighted by atomic mass is 10.1. The van der Waals surface area contributed by atoms with Crippen LogP contribution in [0.15, 0.2) is 0 Å². The highest BCUT2D eigenvalue weighted by molar-refractivity contribution is 14.1. The van der Waals surface area contributed by atoms with Gasteiger partial charge in [0.2, 0.25) is 0 Å². The molecule has 7 heteroatoms. The van der Waals surface area contributed by atoms with E-state index < -0.39 is 23.8 Å². The molecule has 0 aromatic rings. The number of hydrogen-bond donors (Lipinski definition) is 1. The zero-order valence-electron chi connectivity index (χ0n) is 12.4. The monoisotopic (exact) mass is 399 g/mol. The lowest BCUT2D eigenvalue weighted by molar-refractivity contribution is -0.204. The average Bonchev–Trinajstić information content (AvgIpc) is 2.69. The molecule has 0 unspecified atom stereocenters. The van der Waals surface area contributed by atoms with Crippen molar-refractivity contribution in [2.24, 2.45) is 0 Å². The average molecular weight is 399 g/mol. The Morgan fingerprint density at radius 3 is 2.55 bits per heavy atom. The SMILES string of the molecule is CC(C)(C)OC(=O)N[C@H]1[C@H]2OC(C)(C)O[C@H]2O[C@@H]1CI. The molecule has 4 atom stereocenters. The topological polar surface area (TPSA) is 66.0 Å². The first-order chi connectivity index (χ1) is 9.11. The van der Waals surface area contributed by atoms with Crippen molar-refractivity contribution in [1.82, 2.24) is 5.32 Å². The van der Waals surface area contributed by atoms with E-state index >= 15 is 0 Å². The van der Waals surface area contributed by atoms with E-state index in [9.17, 15) is 4.79 Å². The van der Waals surface area contributed by atoms with Crippen LogP contribution in [-0.2, 0) is 18.9 Å². The summed E-state index contributed by atoms with van der Waals surface area (Å²) in [6, 6.07) is -0.270. The first-order valence-corrected chi connectivity index (χ1v) is 8.20. The zero-order valence-corrected chi connectivity index (χ0v) is 14.6. The first kappa shape index (κ1) is 16.3. The van der Waals surface area contributed by atoms with Crippen LogP contribution >= 0.6 is 22.6 Å². The van der Waals surface area contributed by atoms with Crippen molar-refractivity contribution in [2.75, 3.05) is 4.43 Å². The lowest BCUT2D eigenvalue weighted by Crippen LogP contribution is -2.50. The van der Waals surface area contributed by atoms with Crippen LogP contribution < -0.4 is 5.32 Å². The van der Waals surface area contributed by atoms with Gasteiger partial charge in [-0.3, -0.25) is 0 Å². The predicted octanol–water partition coefficient (Wildman–Crippen LogP) is 2.19. The van der Waals surface area contributed by atoms with Crippen LogP contribution in [0.5, 0.6) is 0 Å². The third-order valence-electron chi connectivity index (χ3n) is 2.99. The molecule has 0 bridgehead atoms. The fraction of sp³-hybridized carbons (Fsp3) is 0.923. The number of rotatable bonds is 2. The molecule has 2 heterocycles. The summed E-state index contributed by atoms with van der Waals surface area (Å²) >= 11 is 2.22. The van der Waals surface area contributed by atoms with E-state index in [2.05, 4.69) is 27.9 Å². The summed E-state index contributed by atoms with van der Waals surface area (Å²) in [4.78, 5) is 11.9. The smallest absolute Gasteiger partial charge is 0.408 e. The van der Waals surface area contributed by atoms with Crippen LogP contribution in [0.3, 0.4) is 0 Å². The zero-order chi connectivity index (χ0) is 15.1. The van der Waals surface area contributed by atoms with Crippen molar-refractivity contribution in [3.05, 3.63) is 0 Å². The van der Waals surface area contributed by atoms with Crippen molar-refractivity contribution < 1.29 is 23.7 Å². The maximum Gasteiger partial charge on any atom is 0.408 e. The van der Waals surface area contributed by atoms with E-state index in [-0.39, 0.29) is 18.2 Å². The number of amides is 1. The molecule has 2 aliphatic heterocycles. The third-order valence-corrected chi connectivity index (χ3v) is 3.86. The van der Waals surface area contributed by atoms with Gasteiger partial charge in [-0.2, -0.15) is 0 Å². The van der Waals surface area contributed by atoms with Crippen molar-refractivity contribution in [1.29, 1.82) is 0 Å². The van der Waals surface area contributed by atoms with Gasteiger partial charge in [0.25, 0.3) is 0 Å². The maximum atomic E-state index is 11.9. The molecule has 6 nitrogen and oxygen atoms in total. The Morgan fingerprint density at radius 1 is 1.35 bits per heavy atom. The van der Waals surface area contributed by atoms with Crippen LogP contribution in [0.2, 0.25) is 0 Å². The largest absolute Gasteiger partial charge is 0.444 e. The predicted molar refractivity (Wildman–Crippen MR) is 80.7 cm³/mol. The number of carbonyl (C=O) groups is 1. The van der Waals surface area contributed by atoms with E-state index in [0.29, 0.717) is 0 Å². The minimum atomic E-state index is -0.695. The number of alkyl halides is 1. The minimum Gasteiger partial charge on any atom is -0.444 e. The van der Waals surface area contributed by atoms with Crippen LogP contribution in [0.4, 0.5) is 4.79 Å². The Balaban J connectivity index is 2.02. The van der Waals surface area contributed by atoms with Gasteiger partial charge in [0.15, 0.2) is 12.1 Å². The lowest BCUT2D eigenvalue weighted by Gasteiger charge is -2.27. The second-order valence-electron chi connectivity index (χ2n) is 6.47. The number of carbonyl (C=O) groups excluding carboxylic acids is 1. The summed E-state index contributed by atoms with van der Waals surface area (Å²) in [6.07, 6.45) is -1.36. The molecule has 2 aliphatic rings. The summed E-state index contributed by atoms with van der Waals surface area (Å²) in [5.41, 5.74) is -0.533. The van der Waals surface area contributed by atoms with Gasteiger partial charge in [-0.05, 0) is 34.6 Å². The van der Waals surface area contributed by atoms with Gasteiger partial charge in [-0.15, -0.1) is 0 Å². The molecule has 0 saturated carbocycles. The van der Waals surface area contributed by atoms with Crippen molar-refractivity contribution in [3.8, 4) is 0 Å². The minimum absolute atomic E-state index is 0.144. The molecule has 2 saturated heterocycles. The van der Waals surface area contributed by atoms with E-state index in [1.807, 2.05) is 34.6 Å². The Bertz CT molecular complexity index is 381. The van der Waals surface area contributed by atoms with E-state index in [0.717, 1.165) is 4.43 Å². The van der Waals surface area contributed by atoms with Gasteiger partial charge in [-0.25, -0.2) is 4.79 Å². The highest BCUT2D eigenvalue weighted by atomic mass is 127. The maximum absolute atomic E-state index is 11.9. The van der Waals surface area contributed by atoms with Crippen LogP contribution in [0.25, 0.3) is 0 Å². The standard InChI is InChI=1S/C13H22INO5/c1-12(2,3)20-11(16)15-8-7(6-14)17-10-9(8)18-13(4,5)19-10/h7-10H,6H2,1-5H3,(H,15,16)/t7-,8-,9-,10-/m1/s1. The second kappa shape index (κ2) is 5.58. The molecule has 0 aromatic heterocycles. The molecule has 2 fully saturated rings. The van der Waals surface area contributed by atoms with Gasteiger partial charge in [0, 0.05) is 4.43 Å². The van der Waals surface area contributed by atoms with Crippen LogP contribution in [0.1, 0.15) is 34.6 Å². The number of ether oxygens (including phenoxy) is 4. The van der Waals surface area contributed by atoms with E-state index in [4.69, 9.17) is 18.9 Å². The summed E-state index contributed by atoms with van der Waals surface area (Å²) in [5, 5.41) is 2.85. The highest BCUT2D eigenvalue weighted by Gasteiger charge is 2.55. The Labute approximate surface area is 133 Å². The van der Waals surface area contributed by atoms with Gasteiger partial charge in [-0.1, -0.05) is 22.6 Å². The summed E-state index contributed by atoms with van der Waals surface area (Å²) < 4.78 is 23.3. The number of halogens is 1. The molecular weight excluding hydrogens is 377 g/mol. The fourth-order valence-corrected chi connectivity index (χ4v) is 3.08. The molecule has 116 valence electrons. The highest BCUT2D eigenvalue weighted by Crippen LogP contribution is 2.37. The molecule has 0 radical (unpaired) electrons. The second-order valence-corrected chi connectivity index (χ2v) is 7.35. The van der Waals surface area contributed by atoms with Gasteiger partial charge >= 0.3 is 6.09 Å². The third kappa shape index (κ3) is 3.75. The first-order valence-electron chi connectivity index (χ1n) is 6.68. The van der Waals surface area contributed by atoms with Gasteiger partial charge < -0.3 is 24.3 Å². The van der Waals surface area contributed by atoms with Gasteiger partial charge in [0.1, 0.15) is 11.7 Å². The summed E-state index contributed by atoms with van der Waals surface area (Å²) in [6.45, 7) is 9.15. The number of alkyl carbamates (subject to hydrolysis) is 1. The van der Waals surface area contributed by atoms with E-state index in [1.165, 1.54) is 0 Å². The molecule has 0 aromatic carbocycles.